The lowest BCUT2D eigenvalue weighted by molar-refractivity contribution is -0.130. The molecular weight excluding hydrogens is 739 g/mol. The Balaban J connectivity index is 0.000000177. The van der Waals surface area contributed by atoms with Crippen molar-refractivity contribution in [2.75, 3.05) is 26.2 Å². The predicted octanol–water partition coefficient (Wildman–Crippen LogP) is 4.98. The Morgan fingerprint density at radius 3 is 1.97 bits per heavy atom. The van der Waals surface area contributed by atoms with Crippen LogP contribution in [0.4, 0.5) is 0 Å². The molecule has 0 bridgehead atoms. The van der Waals surface area contributed by atoms with Crippen molar-refractivity contribution in [1.29, 1.82) is 0 Å². The lowest BCUT2D eigenvalue weighted by atomic mass is 9.85. The number of carbonyl (C=O) groups excluding carboxylic acids is 6. The zero-order valence-corrected chi connectivity index (χ0v) is 32.4. The fourth-order valence-corrected chi connectivity index (χ4v) is 7.90. The lowest BCUT2D eigenvalue weighted by Crippen LogP contribution is -2.56. The van der Waals surface area contributed by atoms with Gasteiger partial charge in [0, 0.05) is 91.5 Å². The number of piperazine rings is 1. The maximum atomic E-state index is 12.9. The molecule has 6 heterocycles. The summed E-state index contributed by atoms with van der Waals surface area (Å²) in [5.41, 5.74) is 3.26. The summed E-state index contributed by atoms with van der Waals surface area (Å²) in [4.78, 5) is 107. The summed E-state index contributed by atoms with van der Waals surface area (Å²) in [7, 11) is 0. The number of fused-ring (bicyclic) bond motifs is 2. The Bertz CT molecular complexity index is 2590. The van der Waals surface area contributed by atoms with Gasteiger partial charge in [0.25, 0.3) is 29.3 Å². The molecule has 1 unspecified atom stereocenters. The number of rotatable bonds is 7. The Kier molecular flexibility index (Phi) is 11.3. The van der Waals surface area contributed by atoms with Crippen LogP contribution in [0.5, 0.6) is 0 Å². The van der Waals surface area contributed by atoms with Gasteiger partial charge in [-0.3, -0.25) is 33.6 Å². The molecule has 3 amide bonds. The van der Waals surface area contributed by atoms with Crippen molar-refractivity contribution in [3.8, 4) is 0 Å². The van der Waals surface area contributed by atoms with Crippen molar-refractivity contribution < 1.29 is 28.8 Å². The van der Waals surface area contributed by atoms with E-state index in [1.807, 2.05) is 63.2 Å². The van der Waals surface area contributed by atoms with Crippen molar-refractivity contribution in [3.05, 3.63) is 136 Å². The highest BCUT2D eigenvalue weighted by Crippen LogP contribution is 2.28. The Morgan fingerprint density at radius 2 is 1.31 bits per heavy atom. The standard InChI is InChI=1S/C22H22N4O3.C22H21N3O4/c1-14-8-9-23-20-18(14)17(12-24-20)19(27)22(29)26-11-10-25(13-15(26)2)21(28)16-6-4-3-5-7-16;1-13-11-15(19(27)14-5-3-2-4-6-14)8-10-25(13)22(29)20(28)16-12-24-21-18(16)17(26)7-9-23-21/h3-9,12,15H,10-11,13H2,1-2H3,(H,23,24);2-7,9,12-13,15H,8,10-11H2,1H3,(H2,23,24,26)/t15-;13-,15?/m11/s1. The van der Waals surface area contributed by atoms with E-state index < -0.39 is 23.4 Å². The van der Waals surface area contributed by atoms with E-state index in [-0.39, 0.29) is 46.1 Å². The van der Waals surface area contributed by atoms with Gasteiger partial charge in [-0.1, -0.05) is 48.5 Å². The van der Waals surface area contributed by atoms with Gasteiger partial charge >= 0.3 is 0 Å². The molecule has 3 N–H and O–H groups in total. The molecular formula is C44H43N7O7. The lowest BCUT2D eigenvalue weighted by Gasteiger charge is -2.39. The van der Waals surface area contributed by atoms with Crippen molar-refractivity contribution in [2.24, 2.45) is 5.92 Å². The maximum Gasteiger partial charge on any atom is 0.295 e. The average molecular weight is 782 g/mol. The molecule has 2 aliphatic heterocycles. The third-order valence-corrected chi connectivity index (χ3v) is 11.0. The number of likely N-dealkylation sites (tertiary alicyclic amines) is 1. The molecule has 0 saturated carbocycles. The zero-order valence-electron chi connectivity index (χ0n) is 32.4. The van der Waals surface area contributed by atoms with Crippen LogP contribution in [0.1, 0.15) is 73.7 Å². The van der Waals surface area contributed by atoms with Crippen LogP contribution >= 0.6 is 0 Å². The molecule has 58 heavy (non-hydrogen) atoms. The van der Waals surface area contributed by atoms with Crippen molar-refractivity contribution >= 4 is 57.1 Å². The minimum Gasteiger partial charge on any atom is -0.347 e. The molecule has 296 valence electrons. The summed E-state index contributed by atoms with van der Waals surface area (Å²) < 4.78 is 0. The van der Waals surface area contributed by atoms with Gasteiger partial charge in [-0.25, -0.2) is 4.98 Å². The number of piperidine rings is 1. The van der Waals surface area contributed by atoms with E-state index in [0.717, 1.165) is 5.56 Å². The predicted molar refractivity (Wildman–Crippen MR) is 217 cm³/mol. The maximum absolute atomic E-state index is 12.9. The molecule has 0 spiro atoms. The molecule has 2 saturated heterocycles. The van der Waals surface area contributed by atoms with Gasteiger partial charge in [-0.05, 0) is 57.4 Å². The summed E-state index contributed by atoms with van der Waals surface area (Å²) in [6.07, 6.45) is 7.08. The molecule has 2 fully saturated rings. The number of Topliss-reactive ketones (excluding diaryl/α,β-unsaturated/α-hetero) is 3. The molecule has 0 aliphatic carbocycles. The minimum atomic E-state index is -0.715. The number of pyridine rings is 2. The number of nitrogens with one attached hydrogen (secondary N) is 3. The second kappa shape index (κ2) is 16.6. The van der Waals surface area contributed by atoms with Crippen LogP contribution in [0, 0.1) is 12.8 Å². The van der Waals surface area contributed by atoms with Crippen LogP contribution in [0.15, 0.2) is 102 Å². The monoisotopic (exact) mass is 781 g/mol. The number of hydrogen-bond acceptors (Lipinski definition) is 8. The van der Waals surface area contributed by atoms with Crippen LogP contribution < -0.4 is 5.43 Å². The van der Waals surface area contributed by atoms with E-state index in [1.165, 1.54) is 23.4 Å². The summed E-state index contributed by atoms with van der Waals surface area (Å²) in [6.45, 7) is 7.02. The number of aryl methyl sites for hydroxylation is 1. The minimum absolute atomic E-state index is 0.0609. The normalized spacial score (nSPS) is 18.1. The topological polar surface area (TPSA) is 189 Å². The number of amides is 3. The third kappa shape index (κ3) is 7.73. The molecule has 0 radical (unpaired) electrons. The van der Waals surface area contributed by atoms with Crippen LogP contribution in [0.25, 0.3) is 22.1 Å². The Hall–Kier alpha value is -6.96. The van der Waals surface area contributed by atoms with Gasteiger partial charge in [0.2, 0.25) is 0 Å². The largest absolute Gasteiger partial charge is 0.347 e. The first-order valence-electron chi connectivity index (χ1n) is 19.2. The second-order valence-corrected chi connectivity index (χ2v) is 14.8. The Morgan fingerprint density at radius 1 is 0.690 bits per heavy atom. The van der Waals surface area contributed by atoms with E-state index in [9.17, 15) is 33.6 Å². The average Bonchev–Trinajstić information content (AvgIpc) is 3.90. The third-order valence-electron chi connectivity index (χ3n) is 11.0. The van der Waals surface area contributed by atoms with E-state index in [1.54, 1.807) is 46.5 Å². The summed E-state index contributed by atoms with van der Waals surface area (Å²) in [6, 6.07) is 20.8. The van der Waals surface area contributed by atoms with Gasteiger partial charge in [0.1, 0.15) is 11.3 Å². The molecule has 3 atom stereocenters. The number of benzene rings is 2. The first kappa shape index (κ1) is 39.3. The van der Waals surface area contributed by atoms with E-state index in [4.69, 9.17) is 0 Å². The fourth-order valence-electron chi connectivity index (χ4n) is 7.90. The van der Waals surface area contributed by atoms with Gasteiger partial charge < -0.3 is 29.7 Å². The molecule has 14 heteroatoms. The smallest absolute Gasteiger partial charge is 0.295 e. The van der Waals surface area contributed by atoms with Gasteiger partial charge in [-0.15, -0.1) is 0 Å². The van der Waals surface area contributed by atoms with Gasteiger partial charge in [-0.2, -0.15) is 0 Å². The van der Waals surface area contributed by atoms with Crippen LogP contribution in [-0.2, 0) is 9.59 Å². The number of aromatic nitrogens is 4. The molecule has 4 aromatic heterocycles. The van der Waals surface area contributed by atoms with Gasteiger partial charge in [0.15, 0.2) is 11.2 Å². The zero-order chi connectivity index (χ0) is 41.1. The van der Waals surface area contributed by atoms with Gasteiger partial charge in [0.05, 0.1) is 16.5 Å². The quantitative estimate of drug-likeness (QED) is 0.149. The number of H-pyrrole nitrogens is 3. The SMILES string of the molecule is C[C@@H]1CC(C(=O)c2ccccc2)CCN1C(=O)C(=O)c1c[nH]c2[nH]ccc(=O)c12.Cc1ccnc2[nH]cc(C(=O)C(=O)N3CCN(C(=O)c4ccccc4)C[C@H]3C)c12. The molecule has 2 aromatic carbocycles. The number of carbonyl (C=O) groups is 6. The highest BCUT2D eigenvalue weighted by atomic mass is 16.2. The first-order valence-corrected chi connectivity index (χ1v) is 19.2. The van der Waals surface area contributed by atoms with Crippen molar-refractivity contribution in [3.63, 3.8) is 0 Å². The molecule has 8 rings (SSSR count). The van der Waals surface area contributed by atoms with E-state index >= 15 is 0 Å². The number of hydrogen-bond donors (Lipinski definition) is 3. The summed E-state index contributed by atoms with van der Waals surface area (Å²) in [5.74, 6) is -2.63. The molecule has 6 aromatic rings. The fraction of sp³-hybridized carbons (Fsp3) is 0.273. The van der Waals surface area contributed by atoms with Crippen molar-refractivity contribution in [2.45, 2.75) is 45.7 Å². The molecule has 14 nitrogen and oxygen atoms in total. The van der Waals surface area contributed by atoms with E-state index in [0.29, 0.717) is 72.4 Å². The van der Waals surface area contributed by atoms with E-state index in [2.05, 4.69) is 19.9 Å². The summed E-state index contributed by atoms with van der Waals surface area (Å²) >= 11 is 0. The number of ketones is 3. The van der Waals surface area contributed by atoms with Crippen LogP contribution in [0.3, 0.4) is 0 Å². The Labute approximate surface area is 333 Å². The number of nitrogens with zero attached hydrogens (tertiary/aromatic N) is 4. The van der Waals surface area contributed by atoms with Crippen LogP contribution in [-0.4, -0.2) is 108 Å². The molecule has 2 aliphatic rings. The highest BCUT2D eigenvalue weighted by Gasteiger charge is 2.37. The van der Waals surface area contributed by atoms with Crippen molar-refractivity contribution in [1.82, 2.24) is 34.6 Å². The first-order chi connectivity index (χ1) is 27.9. The highest BCUT2D eigenvalue weighted by molar-refractivity contribution is 6.45. The summed E-state index contributed by atoms with van der Waals surface area (Å²) in [5, 5.41) is 0.865. The number of aromatic amines is 3. The van der Waals surface area contributed by atoms with Crippen LogP contribution in [0.2, 0.25) is 0 Å². The second-order valence-electron chi connectivity index (χ2n) is 14.8.